The van der Waals surface area contributed by atoms with Gasteiger partial charge in [0.1, 0.15) is 18.2 Å². The maximum atomic E-state index is 12.8. The van der Waals surface area contributed by atoms with Crippen LogP contribution in [-0.4, -0.2) is 29.6 Å². The summed E-state index contributed by atoms with van der Waals surface area (Å²) in [7, 11) is 1.72. The van der Waals surface area contributed by atoms with Gasteiger partial charge < -0.3 is 14.8 Å². The maximum absolute atomic E-state index is 12.8. The summed E-state index contributed by atoms with van der Waals surface area (Å²) < 4.78 is 11.1. The predicted octanol–water partition coefficient (Wildman–Crippen LogP) is 7.80. The first kappa shape index (κ1) is 30.7. The quantitative estimate of drug-likeness (QED) is 0.224. The molecule has 1 heterocycles. The lowest BCUT2D eigenvalue weighted by molar-refractivity contribution is -0.120. The molecule has 0 spiro atoms. The van der Waals surface area contributed by atoms with E-state index in [-0.39, 0.29) is 11.3 Å². The molecule has 226 valence electrons. The first-order chi connectivity index (χ1) is 21.0. The zero-order chi connectivity index (χ0) is 29.9. The van der Waals surface area contributed by atoms with Gasteiger partial charge in [0.25, 0.3) is 0 Å². The summed E-state index contributed by atoms with van der Waals surface area (Å²) in [6, 6.07) is 18.9. The average Bonchev–Trinajstić information content (AvgIpc) is 3.04. The minimum absolute atomic E-state index is 0.0886. The van der Waals surface area contributed by atoms with Gasteiger partial charge in [-0.1, -0.05) is 61.7 Å². The molecule has 0 aliphatic heterocycles. The van der Waals surface area contributed by atoms with E-state index in [9.17, 15) is 4.79 Å². The normalized spacial score (nSPS) is 16.2. The van der Waals surface area contributed by atoms with Gasteiger partial charge in [0.05, 0.1) is 12.3 Å². The summed E-state index contributed by atoms with van der Waals surface area (Å²) in [5.74, 6) is 1.81. The fraction of sp³-hybridized carbons (Fsp3) is 0.432. The number of hydrogen-bond donors (Lipinski definition) is 1. The van der Waals surface area contributed by atoms with Gasteiger partial charge in [-0.2, -0.15) is 0 Å². The van der Waals surface area contributed by atoms with E-state index in [1.165, 1.54) is 36.0 Å². The van der Waals surface area contributed by atoms with Crippen LogP contribution in [0.3, 0.4) is 0 Å². The molecular weight excluding hydrogens is 534 g/mol. The Balaban J connectivity index is 1.08. The number of aromatic nitrogens is 2. The second-order valence-corrected chi connectivity index (χ2v) is 12.0. The monoisotopic (exact) mass is 579 g/mol. The van der Waals surface area contributed by atoms with Crippen LogP contribution in [0.5, 0.6) is 5.75 Å². The predicted molar refractivity (Wildman–Crippen MR) is 172 cm³/mol. The highest BCUT2D eigenvalue weighted by Crippen LogP contribution is 2.42. The third-order valence-corrected chi connectivity index (χ3v) is 8.89. The van der Waals surface area contributed by atoms with E-state index < -0.39 is 0 Å². The van der Waals surface area contributed by atoms with Crippen molar-refractivity contribution in [1.82, 2.24) is 15.3 Å². The minimum Gasteiger partial charge on any atom is -0.489 e. The fourth-order valence-electron chi connectivity index (χ4n) is 6.38. The van der Waals surface area contributed by atoms with Crippen LogP contribution in [-0.2, 0) is 28.0 Å². The topological polar surface area (TPSA) is 73.3 Å². The molecule has 0 radical (unpaired) electrons. The maximum Gasteiger partial charge on any atom is 0.224 e. The number of hydrogen-bond acceptors (Lipinski definition) is 5. The SMILES string of the molecule is COCCc1ccc(OCc2ccc(C3=CC=C(NC(=O)CCCC4(c5ccnc(C)n5)CCCCC4)CC3)cc2)cc1. The van der Waals surface area contributed by atoms with E-state index in [2.05, 4.69) is 64.9 Å². The largest absolute Gasteiger partial charge is 0.489 e. The Hall–Kier alpha value is -3.77. The Morgan fingerprint density at radius 1 is 0.930 bits per heavy atom. The smallest absolute Gasteiger partial charge is 0.224 e. The van der Waals surface area contributed by atoms with Crippen LogP contribution in [0.15, 0.2) is 78.6 Å². The summed E-state index contributed by atoms with van der Waals surface area (Å²) in [5, 5.41) is 3.17. The van der Waals surface area contributed by atoms with Crippen LogP contribution in [0, 0.1) is 6.92 Å². The molecule has 1 aromatic heterocycles. The molecule has 2 aliphatic carbocycles. The number of rotatable bonds is 13. The Bertz CT molecular complexity index is 1400. The zero-order valence-corrected chi connectivity index (χ0v) is 25.7. The van der Waals surface area contributed by atoms with Gasteiger partial charge in [-0.15, -0.1) is 0 Å². The summed E-state index contributed by atoms with van der Waals surface area (Å²) in [5.41, 5.74) is 7.14. The lowest BCUT2D eigenvalue weighted by Crippen LogP contribution is -2.31. The van der Waals surface area contributed by atoms with Crippen LogP contribution < -0.4 is 10.1 Å². The van der Waals surface area contributed by atoms with E-state index in [1.807, 2.05) is 25.3 Å². The number of methoxy groups -OCH3 is 1. The minimum atomic E-state index is 0.0886. The summed E-state index contributed by atoms with van der Waals surface area (Å²) in [4.78, 5) is 21.9. The third kappa shape index (κ3) is 8.64. The fourth-order valence-corrected chi connectivity index (χ4v) is 6.38. The first-order valence-electron chi connectivity index (χ1n) is 15.8. The van der Waals surface area contributed by atoms with E-state index >= 15 is 0 Å². The van der Waals surface area contributed by atoms with Gasteiger partial charge >= 0.3 is 0 Å². The van der Waals surface area contributed by atoms with E-state index in [0.717, 1.165) is 80.1 Å². The summed E-state index contributed by atoms with van der Waals surface area (Å²) in [6.07, 6.45) is 17.2. The van der Waals surface area contributed by atoms with Gasteiger partial charge in [-0.25, -0.2) is 9.97 Å². The average molecular weight is 580 g/mol. The molecule has 1 saturated carbocycles. The van der Waals surface area contributed by atoms with E-state index in [1.54, 1.807) is 7.11 Å². The van der Waals surface area contributed by atoms with Gasteiger partial charge in [-0.3, -0.25) is 4.79 Å². The van der Waals surface area contributed by atoms with Crippen molar-refractivity contribution in [1.29, 1.82) is 0 Å². The molecule has 6 heteroatoms. The number of benzene rings is 2. The molecule has 43 heavy (non-hydrogen) atoms. The number of amides is 1. The molecule has 3 aromatic rings. The second kappa shape index (κ2) is 15.1. The summed E-state index contributed by atoms with van der Waals surface area (Å²) >= 11 is 0. The van der Waals surface area contributed by atoms with Crippen molar-refractivity contribution in [3.63, 3.8) is 0 Å². The number of ether oxygens (including phenoxy) is 2. The lowest BCUT2D eigenvalue weighted by atomic mass is 9.68. The highest BCUT2D eigenvalue weighted by atomic mass is 16.5. The number of aryl methyl sites for hydroxylation is 1. The molecule has 0 saturated heterocycles. The van der Waals surface area contributed by atoms with Crippen molar-refractivity contribution < 1.29 is 14.3 Å². The molecule has 1 N–H and O–H groups in total. The van der Waals surface area contributed by atoms with Crippen molar-refractivity contribution in [2.24, 2.45) is 0 Å². The van der Waals surface area contributed by atoms with Crippen molar-refractivity contribution >= 4 is 11.5 Å². The molecule has 2 aliphatic rings. The molecule has 1 amide bonds. The lowest BCUT2D eigenvalue weighted by Gasteiger charge is -2.37. The van der Waals surface area contributed by atoms with Crippen molar-refractivity contribution in [3.05, 3.63) is 107 Å². The van der Waals surface area contributed by atoms with Gasteiger partial charge in [-0.05, 0) is 98.4 Å². The highest BCUT2D eigenvalue weighted by Gasteiger charge is 2.35. The molecule has 0 atom stereocenters. The number of carbonyl (C=O) groups excluding carboxylic acids is 1. The molecular formula is C37H45N3O3. The zero-order valence-electron chi connectivity index (χ0n) is 25.7. The van der Waals surface area contributed by atoms with Crippen molar-refractivity contribution in [2.45, 2.75) is 89.6 Å². The first-order valence-corrected chi connectivity index (χ1v) is 15.8. The Morgan fingerprint density at radius 3 is 2.40 bits per heavy atom. The van der Waals surface area contributed by atoms with Crippen LogP contribution in [0.4, 0.5) is 0 Å². The Kier molecular flexibility index (Phi) is 10.8. The van der Waals surface area contributed by atoms with Gasteiger partial charge in [0.2, 0.25) is 5.91 Å². The molecule has 1 fully saturated rings. The van der Waals surface area contributed by atoms with Crippen molar-refractivity contribution in [2.75, 3.05) is 13.7 Å². The number of allylic oxidation sites excluding steroid dienone is 4. The molecule has 5 rings (SSSR count). The Morgan fingerprint density at radius 2 is 1.70 bits per heavy atom. The summed E-state index contributed by atoms with van der Waals surface area (Å²) in [6.45, 7) is 3.22. The van der Waals surface area contributed by atoms with Gasteiger partial charge in [0.15, 0.2) is 0 Å². The molecule has 6 nitrogen and oxygen atoms in total. The van der Waals surface area contributed by atoms with E-state index in [0.29, 0.717) is 13.0 Å². The highest BCUT2D eigenvalue weighted by molar-refractivity contribution is 5.78. The van der Waals surface area contributed by atoms with Crippen LogP contribution in [0.2, 0.25) is 0 Å². The second-order valence-electron chi connectivity index (χ2n) is 12.0. The van der Waals surface area contributed by atoms with E-state index in [4.69, 9.17) is 14.5 Å². The number of carbonyl (C=O) groups is 1. The number of nitrogens with one attached hydrogen (secondary N) is 1. The molecule has 0 unspecified atom stereocenters. The number of nitrogens with zero attached hydrogens (tertiary/aromatic N) is 2. The van der Waals surface area contributed by atoms with Crippen LogP contribution in [0.25, 0.3) is 5.57 Å². The standard InChI is InChI=1S/C37H45N3O3/c1-28-38-25-20-35(39-28)37(22-4-3-5-23-37)24-6-7-36(41)40-33-16-14-32(15-17-33)31-12-8-30(9-13-31)27-43-34-18-10-29(11-19-34)21-26-42-2/h8-14,16,18-20,25H,3-7,15,17,21-24,26-27H2,1-2H3,(H,40,41). The van der Waals surface area contributed by atoms with Gasteiger partial charge in [0, 0.05) is 30.8 Å². The molecule has 0 bridgehead atoms. The van der Waals surface area contributed by atoms with Crippen LogP contribution in [0.1, 0.15) is 92.4 Å². The van der Waals surface area contributed by atoms with Crippen molar-refractivity contribution in [3.8, 4) is 5.75 Å². The van der Waals surface area contributed by atoms with Crippen LogP contribution >= 0.6 is 0 Å². The Labute approximate surface area is 256 Å². The third-order valence-electron chi connectivity index (χ3n) is 8.89. The molecule has 2 aromatic carbocycles.